The minimum atomic E-state index is 0.717. The number of H-pyrrole nitrogens is 1. The Labute approximate surface area is 156 Å². The summed E-state index contributed by atoms with van der Waals surface area (Å²) in [6, 6.07) is 8.40. The number of fused-ring (bicyclic) bond motifs is 2. The maximum Gasteiger partial charge on any atom is 0.226 e. The van der Waals surface area contributed by atoms with Crippen molar-refractivity contribution in [1.82, 2.24) is 15.0 Å². The highest BCUT2D eigenvalue weighted by Crippen LogP contribution is 2.39. The minimum absolute atomic E-state index is 0.717. The number of aromatic nitrogens is 3. The number of morpholine rings is 1. The lowest BCUT2D eigenvalue weighted by molar-refractivity contribution is 0.122. The molecule has 1 fully saturated rings. The molecule has 0 unspecified atom stereocenters. The van der Waals surface area contributed by atoms with Crippen molar-refractivity contribution in [1.29, 1.82) is 0 Å². The molecule has 4 aromatic rings. The molecule has 0 amide bonds. The summed E-state index contributed by atoms with van der Waals surface area (Å²) in [6.45, 7) is 3.08. The van der Waals surface area contributed by atoms with Crippen LogP contribution in [0.25, 0.3) is 32.4 Å². The van der Waals surface area contributed by atoms with Crippen LogP contribution in [0.15, 0.2) is 40.3 Å². The molecular weight excluding hydrogens is 400 g/mol. The zero-order valence-corrected chi connectivity index (χ0v) is 15.7. The Bertz CT molecular complexity index is 1070. The largest absolute Gasteiger partial charge is 0.378 e. The van der Waals surface area contributed by atoms with E-state index in [4.69, 9.17) is 14.7 Å². The summed E-state index contributed by atoms with van der Waals surface area (Å²) >= 11 is 5.32. The Morgan fingerprint density at radius 2 is 2.04 bits per heavy atom. The fourth-order valence-corrected chi connectivity index (χ4v) is 4.82. The van der Waals surface area contributed by atoms with Gasteiger partial charge < -0.3 is 14.6 Å². The predicted octanol–water partition coefficient (Wildman–Crippen LogP) is 4.44. The van der Waals surface area contributed by atoms with Crippen LogP contribution in [0.1, 0.15) is 0 Å². The van der Waals surface area contributed by atoms with Gasteiger partial charge in [0, 0.05) is 41.1 Å². The second kappa shape index (κ2) is 6.09. The van der Waals surface area contributed by atoms with Gasteiger partial charge in [-0.3, -0.25) is 0 Å². The second-order valence-corrected chi connectivity index (χ2v) is 7.71. The molecule has 7 heteroatoms. The van der Waals surface area contributed by atoms with Gasteiger partial charge in [-0.2, -0.15) is 0 Å². The van der Waals surface area contributed by atoms with E-state index >= 15 is 0 Å². The Morgan fingerprint density at radius 3 is 2.92 bits per heavy atom. The maximum atomic E-state index is 5.47. The van der Waals surface area contributed by atoms with Crippen LogP contribution >= 0.6 is 27.3 Å². The number of rotatable bonds is 2. The maximum absolute atomic E-state index is 5.47. The van der Waals surface area contributed by atoms with Crippen LogP contribution in [0.5, 0.6) is 0 Å². The van der Waals surface area contributed by atoms with Gasteiger partial charge in [-0.15, -0.1) is 11.3 Å². The molecule has 5 nitrogen and oxygen atoms in total. The standard InChI is InChI=1S/C18H15BrN4OS/c19-13-10-25-17-15(12-2-1-3-14-11(12)4-5-20-14)21-18(22-16(13)17)23-6-8-24-9-7-23/h1-5,10,20H,6-9H2. The van der Waals surface area contributed by atoms with Gasteiger partial charge in [0.2, 0.25) is 5.95 Å². The zero-order chi connectivity index (χ0) is 16.8. The van der Waals surface area contributed by atoms with Gasteiger partial charge in [-0.1, -0.05) is 12.1 Å². The molecule has 3 aromatic heterocycles. The summed E-state index contributed by atoms with van der Waals surface area (Å²) in [6.07, 6.45) is 1.97. The lowest BCUT2D eigenvalue weighted by Gasteiger charge is -2.27. The van der Waals surface area contributed by atoms with Crippen LogP contribution < -0.4 is 4.90 Å². The summed E-state index contributed by atoms with van der Waals surface area (Å²) in [7, 11) is 0. The summed E-state index contributed by atoms with van der Waals surface area (Å²) in [5.74, 6) is 0.775. The molecule has 5 rings (SSSR count). The number of benzene rings is 1. The van der Waals surface area contributed by atoms with E-state index in [1.54, 1.807) is 11.3 Å². The average Bonchev–Trinajstić information content (AvgIpc) is 3.28. The first-order valence-electron chi connectivity index (χ1n) is 8.15. The highest BCUT2D eigenvalue weighted by molar-refractivity contribution is 9.10. The first-order chi connectivity index (χ1) is 12.3. The highest BCUT2D eigenvalue weighted by Gasteiger charge is 2.20. The number of aromatic amines is 1. The topological polar surface area (TPSA) is 54.0 Å². The van der Waals surface area contributed by atoms with Gasteiger partial charge in [-0.05, 0) is 28.1 Å². The van der Waals surface area contributed by atoms with Crippen molar-refractivity contribution in [3.05, 3.63) is 40.3 Å². The summed E-state index contributed by atoms with van der Waals surface area (Å²) in [5, 5.41) is 3.27. The van der Waals surface area contributed by atoms with E-state index < -0.39 is 0 Å². The normalized spacial score (nSPS) is 15.3. The Morgan fingerprint density at radius 1 is 1.16 bits per heavy atom. The molecule has 0 saturated carbocycles. The van der Waals surface area contributed by atoms with Crippen LogP contribution in [0.2, 0.25) is 0 Å². The number of nitrogens with zero attached hydrogens (tertiary/aromatic N) is 3. The van der Waals surface area contributed by atoms with Crippen molar-refractivity contribution < 1.29 is 4.74 Å². The van der Waals surface area contributed by atoms with E-state index in [0.29, 0.717) is 0 Å². The SMILES string of the molecule is Brc1csc2c(-c3cccc4[nH]ccc34)nc(N3CCOCC3)nc12. The van der Waals surface area contributed by atoms with E-state index in [1.165, 1.54) is 5.39 Å². The third-order valence-electron chi connectivity index (χ3n) is 4.50. The van der Waals surface area contributed by atoms with Crippen molar-refractivity contribution >= 4 is 54.3 Å². The van der Waals surface area contributed by atoms with E-state index in [0.717, 1.165) is 63.7 Å². The molecule has 0 radical (unpaired) electrons. The van der Waals surface area contributed by atoms with Gasteiger partial charge in [0.1, 0.15) is 5.52 Å². The molecule has 1 aliphatic heterocycles. The van der Waals surface area contributed by atoms with E-state index in [9.17, 15) is 0 Å². The smallest absolute Gasteiger partial charge is 0.226 e. The summed E-state index contributed by atoms with van der Waals surface area (Å²) in [4.78, 5) is 15.3. The molecule has 0 atom stereocenters. The van der Waals surface area contributed by atoms with Gasteiger partial charge in [-0.25, -0.2) is 9.97 Å². The monoisotopic (exact) mass is 414 g/mol. The van der Waals surface area contributed by atoms with E-state index in [2.05, 4.69) is 55.5 Å². The molecule has 0 bridgehead atoms. The third kappa shape index (κ3) is 2.54. The van der Waals surface area contributed by atoms with E-state index in [1.807, 2.05) is 6.20 Å². The molecule has 1 aromatic carbocycles. The van der Waals surface area contributed by atoms with Gasteiger partial charge in [0.15, 0.2) is 0 Å². The van der Waals surface area contributed by atoms with Crippen LogP contribution in [0, 0.1) is 0 Å². The molecular formula is C18H15BrN4OS. The first kappa shape index (κ1) is 15.3. The van der Waals surface area contributed by atoms with Gasteiger partial charge >= 0.3 is 0 Å². The van der Waals surface area contributed by atoms with Gasteiger partial charge in [0.25, 0.3) is 0 Å². The average molecular weight is 415 g/mol. The Hall–Kier alpha value is -1.96. The van der Waals surface area contributed by atoms with E-state index in [-0.39, 0.29) is 0 Å². The second-order valence-electron chi connectivity index (χ2n) is 5.98. The number of halogens is 1. The number of anilines is 1. The van der Waals surface area contributed by atoms with Crippen molar-refractivity contribution in [2.75, 3.05) is 31.2 Å². The molecule has 1 N–H and O–H groups in total. The minimum Gasteiger partial charge on any atom is -0.378 e. The lowest BCUT2D eigenvalue weighted by Crippen LogP contribution is -2.37. The predicted molar refractivity (Wildman–Crippen MR) is 105 cm³/mol. The number of nitrogens with one attached hydrogen (secondary N) is 1. The quantitative estimate of drug-likeness (QED) is 0.526. The Kier molecular flexibility index (Phi) is 3.73. The van der Waals surface area contributed by atoms with Crippen molar-refractivity contribution in [3.8, 4) is 11.3 Å². The lowest BCUT2D eigenvalue weighted by atomic mass is 10.1. The number of hydrogen-bond donors (Lipinski definition) is 1. The molecule has 1 aliphatic rings. The number of hydrogen-bond acceptors (Lipinski definition) is 5. The van der Waals surface area contributed by atoms with Crippen LogP contribution in [0.4, 0.5) is 5.95 Å². The third-order valence-corrected chi connectivity index (χ3v) is 6.39. The molecule has 1 saturated heterocycles. The van der Waals surface area contributed by atoms with Gasteiger partial charge in [0.05, 0.1) is 28.1 Å². The number of thiophene rings is 1. The fourth-order valence-electron chi connectivity index (χ4n) is 3.26. The van der Waals surface area contributed by atoms with Crippen molar-refractivity contribution in [2.45, 2.75) is 0 Å². The fraction of sp³-hybridized carbons (Fsp3) is 0.222. The molecule has 25 heavy (non-hydrogen) atoms. The Balaban J connectivity index is 1.77. The van der Waals surface area contributed by atoms with Crippen molar-refractivity contribution in [3.63, 3.8) is 0 Å². The van der Waals surface area contributed by atoms with Crippen LogP contribution in [0.3, 0.4) is 0 Å². The first-order valence-corrected chi connectivity index (χ1v) is 9.82. The summed E-state index contributed by atoms with van der Waals surface area (Å²) in [5.41, 5.74) is 4.22. The molecule has 126 valence electrons. The molecule has 0 spiro atoms. The van der Waals surface area contributed by atoms with Crippen LogP contribution in [-0.4, -0.2) is 41.3 Å². The highest BCUT2D eigenvalue weighted by atomic mass is 79.9. The summed E-state index contributed by atoms with van der Waals surface area (Å²) < 4.78 is 7.60. The number of ether oxygens (including phenoxy) is 1. The zero-order valence-electron chi connectivity index (χ0n) is 13.3. The van der Waals surface area contributed by atoms with Crippen LogP contribution in [-0.2, 0) is 4.74 Å². The van der Waals surface area contributed by atoms with Crippen molar-refractivity contribution in [2.24, 2.45) is 0 Å². The molecule has 0 aliphatic carbocycles. The molecule has 4 heterocycles.